The Morgan fingerprint density at radius 1 is 1.38 bits per heavy atom. The van der Waals surface area contributed by atoms with Crippen molar-refractivity contribution in [3.63, 3.8) is 0 Å². The lowest BCUT2D eigenvalue weighted by Gasteiger charge is -2.01. The first-order chi connectivity index (χ1) is 6.19. The van der Waals surface area contributed by atoms with Crippen molar-refractivity contribution in [2.45, 2.75) is 6.42 Å². The summed E-state index contributed by atoms with van der Waals surface area (Å²) in [5, 5.41) is 16.9. The van der Waals surface area contributed by atoms with Crippen molar-refractivity contribution in [1.29, 1.82) is 10.5 Å². The highest BCUT2D eigenvalue weighted by atomic mass is 19.1. The zero-order valence-corrected chi connectivity index (χ0v) is 6.71. The maximum absolute atomic E-state index is 13.1. The number of nitrogens with two attached hydrogens (primary N) is 1. The van der Waals surface area contributed by atoms with Crippen molar-refractivity contribution in [2.75, 3.05) is 5.73 Å². The molecule has 1 aromatic rings. The summed E-state index contributed by atoms with van der Waals surface area (Å²) in [6.07, 6.45) is -0.0778. The highest BCUT2D eigenvalue weighted by Gasteiger charge is 2.07. The van der Waals surface area contributed by atoms with Crippen LogP contribution in [-0.4, -0.2) is 0 Å². The van der Waals surface area contributed by atoms with Crippen LogP contribution in [0, 0.1) is 28.5 Å². The third-order valence-corrected chi connectivity index (χ3v) is 1.57. The number of nitrogen functional groups attached to an aromatic ring is 1. The molecule has 0 heterocycles. The van der Waals surface area contributed by atoms with Gasteiger partial charge in [-0.3, -0.25) is 0 Å². The lowest BCUT2D eigenvalue weighted by molar-refractivity contribution is 0.620. The second kappa shape index (κ2) is 3.55. The van der Waals surface area contributed by atoms with Crippen LogP contribution in [0.15, 0.2) is 12.1 Å². The van der Waals surface area contributed by atoms with E-state index < -0.39 is 5.82 Å². The first kappa shape index (κ1) is 9.02. The Kier molecular flexibility index (Phi) is 2.47. The zero-order chi connectivity index (χ0) is 9.84. The second-order valence-electron chi connectivity index (χ2n) is 2.49. The Morgan fingerprint density at radius 3 is 2.62 bits per heavy atom. The Bertz CT molecular complexity index is 412. The van der Waals surface area contributed by atoms with Crippen molar-refractivity contribution >= 4 is 5.69 Å². The minimum absolute atomic E-state index is 0.0778. The topological polar surface area (TPSA) is 73.6 Å². The van der Waals surface area contributed by atoms with Crippen molar-refractivity contribution in [3.05, 3.63) is 29.1 Å². The summed E-state index contributed by atoms with van der Waals surface area (Å²) in [4.78, 5) is 0. The molecule has 0 saturated carbocycles. The van der Waals surface area contributed by atoms with E-state index in [-0.39, 0.29) is 23.2 Å². The minimum atomic E-state index is -0.611. The van der Waals surface area contributed by atoms with E-state index >= 15 is 0 Å². The number of nitriles is 2. The lowest BCUT2D eigenvalue weighted by atomic mass is 10.1. The first-order valence-electron chi connectivity index (χ1n) is 3.54. The van der Waals surface area contributed by atoms with Gasteiger partial charge in [0.2, 0.25) is 0 Å². The molecule has 0 aliphatic carbocycles. The summed E-state index contributed by atoms with van der Waals surface area (Å²) in [6, 6.07) is 6.21. The number of hydrogen-bond donors (Lipinski definition) is 1. The zero-order valence-electron chi connectivity index (χ0n) is 6.71. The molecule has 1 aromatic carbocycles. The van der Waals surface area contributed by atoms with Crippen molar-refractivity contribution < 1.29 is 4.39 Å². The van der Waals surface area contributed by atoms with Gasteiger partial charge < -0.3 is 5.73 Å². The van der Waals surface area contributed by atoms with Crippen LogP contribution in [0.2, 0.25) is 0 Å². The number of anilines is 1. The van der Waals surface area contributed by atoms with Crippen LogP contribution in [0.4, 0.5) is 10.1 Å². The van der Waals surface area contributed by atoms with Crippen LogP contribution in [-0.2, 0) is 6.42 Å². The number of benzene rings is 1. The molecule has 0 spiro atoms. The molecule has 1 rings (SSSR count). The van der Waals surface area contributed by atoms with Gasteiger partial charge in [-0.1, -0.05) is 0 Å². The standard InChI is InChI=1S/C9H6FN3/c10-9-7(1-2-11)3-6(5-12)4-8(9)13/h3-4H,1,13H2. The van der Waals surface area contributed by atoms with Crippen LogP contribution in [0.3, 0.4) is 0 Å². The minimum Gasteiger partial charge on any atom is -0.396 e. The van der Waals surface area contributed by atoms with Gasteiger partial charge in [0.05, 0.1) is 29.8 Å². The molecule has 0 amide bonds. The number of hydrogen-bond acceptors (Lipinski definition) is 3. The third-order valence-electron chi connectivity index (χ3n) is 1.57. The predicted octanol–water partition coefficient (Wildman–Crippen LogP) is 1.35. The van der Waals surface area contributed by atoms with Crippen LogP contribution < -0.4 is 5.73 Å². The summed E-state index contributed by atoms with van der Waals surface area (Å²) in [6.45, 7) is 0. The van der Waals surface area contributed by atoms with Crippen molar-refractivity contribution in [3.8, 4) is 12.1 Å². The quantitative estimate of drug-likeness (QED) is 0.654. The van der Waals surface area contributed by atoms with E-state index in [2.05, 4.69) is 0 Å². The van der Waals surface area contributed by atoms with E-state index in [1.54, 1.807) is 6.07 Å². The molecule has 0 bridgehead atoms. The van der Waals surface area contributed by atoms with Crippen LogP contribution in [0.5, 0.6) is 0 Å². The van der Waals surface area contributed by atoms with E-state index in [1.165, 1.54) is 12.1 Å². The van der Waals surface area contributed by atoms with E-state index in [4.69, 9.17) is 16.3 Å². The fourth-order valence-electron chi connectivity index (χ4n) is 0.987. The summed E-state index contributed by atoms with van der Waals surface area (Å²) in [5.41, 5.74) is 5.63. The van der Waals surface area contributed by atoms with Gasteiger partial charge in [0, 0.05) is 5.56 Å². The van der Waals surface area contributed by atoms with Gasteiger partial charge in [0.15, 0.2) is 0 Å². The summed E-state index contributed by atoms with van der Waals surface area (Å²) >= 11 is 0. The molecule has 0 aromatic heterocycles. The average Bonchev–Trinajstić information content (AvgIpc) is 2.13. The Hall–Kier alpha value is -2.07. The molecule has 64 valence electrons. The molecule has 0 fully saturated rings. The molecular weight excluding hydrogens is 169 g/mol. The molecule has 13 heavy (non-hydrogen) atoms. The second-order valence-corrected chi connectivity index (χ2v) is 2.49. The number of halogens is 1. The summed E-state index contributed by atoms with van der Waals surface area (Å²) < 4.78 is 13.1. The third kappa shape index (κ3) is 1.74. The maximum atomic E-state index is 13.1. The molecule has 3 nitrogen and oxygen atoms in total. The lowest BCUT2D eigenvalue weighted by Crippen LogP contribution is -1.97. The Morgan fingerprint density at radius 2 is 2.08 bits per heavy atom. The smallest absolute Gasteiger partial charge is 0.150 e. The van der Waals surface area contributed by atoms with E-state index in [0.717, 1.165) is 0 Å². The van der Waals surface area contributed by atoms with Crippen molar-refractivity contribution in [1.82, 2.24) is 0 Å². The molecule has 0 aliphatic heterocycles. The monoisotopic (exact) mass is 175 g/mol. The van der Waals surface area contributed by atoms with Crippen LogP contribution in [0.1, 0.15) is 11.1 Å². The fraction of sp³-hybridized carbons (Fsp3) is 0.111. The summed E-state index contributed by atoms with van der Waals surface area (Å²) in [5.74, 6) is -0.611. The van der Waals surface area contributed by atoms with Gasteiger partial charge in [-0.05, 0) is 12.1 Å². The average molecular weight is 175 g/mol. The summed E-state index contributed by atoms with van der Waals surface area (Å²) in [7, 11) is 0. The SMILES string of the molecule is N#CCc1cc(C#N)cc(N)c1F. The highest BCUT2D eigenvalue weighted by Crippen LogP contribution is 2.17. The molecule has 0 aliphatic rings. The number of nitrogens with zero attached hydrogens (tertiary/aromatic N) is 2. The highest BCUT2D eigenvalue weighted by molar-refractivity contribution is 5.50. The molecular formula is C9H6FN3. The van der Waals surface area contributed by atoms with Crippen LogP contribution in [0.25, 0.3) is 0 Å². The fourth-order valence-corrected chi connectivity index (χ4v) is 0.987. The van der Waals surface area contributed by atoms with Gasteiger partial charge in [0.1, 0.15) is 5.82 Å². The van der Waals surface area contributed by atoms with E-state index in [1.807, 2.05) is 6.07 Å². The first-order valence-corrected chi connectivity index (χ1v) is 3.54. The van der Waals surface area contributed by atoms with Gasteiger partial charge >= 0.3 is 0 Å². The predicted molar refractivity (Wildman–Crippen MR) is 44.8 cm³/mol. The number of rotatable bonds is 1. The molecule has 0 radical (unpaired) electrons. The van der Waals surface area contributed by atoms with Gasteiger partial charge in [-0.25, -0.2) is 4.39 Å². The van der Waals surface area contributed by atoms with Crippen molar-refractivity contribution in [2.24, 2.45) is 0 Å². The molecule has 4 heteroatoms. The van der Waals surface area contributed by atoms with Gasteiger partial charge in [0.25, 0.3) is 0 Å². The molecule has 0 unspecified atom stereocenters. The van der Waals surface area contributed by atoms with E-state index in [9.17, 15) is 4.39 Å². The largest absolute Gasteiger partial charge is 0.396 e. The normalized spacial score (nSPS) is 8.85. The van der Waals surface area contributed by atoms with Gasteiger partial charge in [-0.15, -0.1) is 0 Å². The van der Waals surface area contributed by atoms with Crippen LogP contribution >= 0.6 is 0 Å². The Labute approximate surface area is 74.8 Å². The Balaban J connectivity index is 3.28. The molecule has 0 saturated heterocycles. The maximum Gasteiger partial charge on any atom is 0.150 e. The van der Waals surface area contributed by atoms with Gasteiger partial charge in [-0.2, -0.15) is 10.5 Å². The molecule has 2 N–H and O–H groups in total. The molecule has 0 atom stereocenters. The van der Waals surface area contributed by atoms with E-state index in [0.29, 0.717) is 0 Å².